The minimum atomic E-state index is 0.246. The molecule has 0 bridgehead atoms. The molecule has 1 aromatic rings. The van der Waals surface area contributed by atoms with E-state index >= 15 is 0 Å². The Morgan fingerprint density at radius 2 is 2.06 bits per heavy atom. The normalized spacial score (nSPS) is 16.4. The molecule has 1 amide bonds. The van der Waals surface area contributed by atoms with Gasteiger partial charge in [0.2, 0.25) is 5.91 Å². The fourth-order valence-electron chi connectivity index (χ4n) is 2.12. The highest BCUT2D eigenvalue weighted by molar-refractivity contribution is 7.98. The molecule has 0 atom stereocenters. The standard InChI is InChI=1S/C14H20N2OS/c1-18-13-5-3-12(4-6-13)11-14(17)16-9-2-7-15-8-10-16/h3-6,15H,2,7-11H2,1H3. The van der Waals surface area contributed by atoms with Crippen LogP contribution in [-0.4, -0.2) is 43.2 Å². The molecule has 1 fully saturated rings. The molecule has 1 heterocycles. The number of hydrogen-bond acceptors (Lipinski definition) is 3. The maximum Gasteiger partial charge on any atom is 0.227 e. The van der Waals surface area contributed by atoms with Gasteiger partial charge in [-0.05, 0) is 36.9 Å². The van der Waals surface area contributed by atoms with E-state index in [1.807, 2.05) is 4.90 Å². The van der Waals surface area contributed by atoms with E-state index in [1.54, 1.807) is 11.8 Å². The number of rotatable bonds is 3. The number of carbonyl (C=O) groups excluding carboxylic acids is 1. The predicted octanol–water partition coefficient (Wildman–Crippen LogP) is 1.77. The lowest BCUT2D eigenvalue weighted by Gasteiger charge is -2.19. The zero-order chi connectivity index (χ0) is 12.8. The average Bonchev–Trinajstić information content (AvgIpc) is 2.68. The van der Waals surface area contributed by atoms with E-state index in [4.69, 9.17) is 0 Å². The van der Waals surface area contributed by atoms with E-state index in [1.165, 1.54) is 4.90 Å². The van der Waals surface area contributed by atoms with Gasteiger partial charge in [0.15, 0.2) is 0 Å². The number of hydrogen-bond donors (Lipinski definition) is 1. The van der Waals surface area contributed by atoms with Crippen LogP contribution in [-0.2, 0) is 11.2 Å². The molecule has 0 aliphatic carbocycles. The van der Waals surface area contributed by atoms with Crippen LogP contribution in [0.3, 0.4) is 0 Å². The smallest absolute Gasteiger partial charge is 0.227 e. The Kier molecular flexibility index (Phi) is 5.08. The highest BCUT2D eigenvalue weighted by atomic mass is 32.2. The molecular formula is C14H20N2OS. The minimum absolute atomic E-state index is 0.246. The molecule has 0 spiro atoms. The van der Waals surface area contributed by atoms with Crippen LogP contribution in [0.25, 0.3) is 0 Å². The first kappa shape index (κ1) is 13.4. The van der Waals surface area contributed by atoms with Crippen LogP contribution in [0.5, 0.6) is 0 Å². The van der Waals surface area contributed by atoms with Gasteiger partial charge in [0.05, 0.1) is 6.42 Å². The van der Waals surface area contributed by atoms with Crippen LogP contribution in [0.2, 0.25) is 0 Å². The van der Waals surface area contributed by atoms with Gasteiger partial charge in [0.25, 0.3) is 0 Å². The molecule has 98 valence electrons. The summed E-state index contributed by atoms with van der Waals surface area (Å²) < 4.78 is 0. The molecule has 2 rings (SSSR count). The van der Waals surface area contributed by atoms with Crippen molar-refractivity contribution in [3.8, 4) is 0 Å². The Labute approximate surface area is 113 Å². The van der Waals surface area contributed by atoms with E-state index in [2.05, 4.69) is 35.8 Å². The highest BCUT2D eigenvalue weighted by Crippen LogP contribution is 2.15. The van der Waals surface area contributed by atoms with Gasteiger partial charge in [0, 0.05) is 24.5 Å². The molecule has 4 heteroatoms. The van der Waals surface area contributed by atoms with Crippen molar-refractivity contribution < 1.29 is 4.79 Å². The van der Waals surface area contributed by atoms with Gasteiger partial charge in [-0.1, -0.05) is 12.1 Å². The molecule has 0 aromatic heterocycles. The van der Waals surface area contributed by atoms with Crippen molar-refractivity contribution >= 4 is 17.7 Å². The summed E-state index contributed by atoms with van der Waals surface area (Å²) in [4.78, 5) is 15.4. The summed E-state index contributed by atoms with van der Waals surface area (Å²) in [6.07, 6.45) is 3.64. The molecule has 18 heavy (non-hydrogen) atoms. The van der Waals surface area contributed by atoms with Crippen molar-refractivity contribution in [2.45, 2.75) is 17.7 Å². The van der Waals surface area contributed by atoms with Crippen LogP contribution >= 0.6 is 11.8 Å². The Balaban J connectivity index is 1.92. The lowest BCUT2D eigenvalue weighted by Crippen LogP contribution is -2.35. The maximum absolute atomic E-state index is 12.2. The van der Waals surface area contributed by atoms with Crippen LogP contribution in [0.4, 0.5) is 0 Å². The van der Waals surface area contributed by atoms with E-state index in [-0.39, 0.29) is 5.91 Å². The zero-order valence-corrected chi connectivity index (χ0v) is 11.6. The van der Waals surface area contributed by atoms with Crippen molar-refractivity contribution in [1.29, 1.82) is 0 Å². The molecular weight excluding hydrogens is 244 g/mol. The first-order chi connectivity index (χ1) is 8.79. The molecule has 1 aromatic carbocycles. The third-order valence-electron chi connectivity index (χ3n) is 3.21. The third kappa shape index (κ3) is 3.75. The molecule has 1 aliphatic heterocycles. The molecule has 1 aliphatic rings. The van der Waals surface area contributed by atoms with Crippen molar-refractivity contribution in [2.24, 2.45) is 0 Å². The summed E-state index contributed by atoms with van der Waals surface area (Å²) in [7, 11) is 0. The van der Waals surface area contributed by atoms with E-state index in [0.717, 1.165) is 38.2 Å². The number of amides is 1. The quantitative estimate of drug-likeness (QED) is 0.845. The fourth-order valence-corrected chi connectivity index (χ4v) is 2.53. The maximum atomic E-state index is 12.2. The molecule has 1 N–H and O–H groups in total. The summed E-state index contributed by atoms with van der Waals surface area (Å²) in [5.74, 6) is 0.246. The van der Waals surface area contributed by atoms with Crippen molar-refractivity contribution in [1.82, 2.24) is 10.2 Å². The average molecular weight is 264 g/mol. The predicted molar refractivity (Wildman–Crippen MR) is 76.0 cm³/mol. The Hall–Kier alpha value is -1.00. The highest BCUT2D eigenvalue weighted by Gasteiger charge is 2.15. The SMILES string of the molecule is CSc1ccc(CC(=O)N2CCCNCC2)cc1. The van der Waals surface area contributed by atoms with E-state index < -0.39 is 0 Å². The lowest BCUT2D eigenvalue weighted by atomic mass is 10.1. The second kappa shape index (κ2) is 6.81. The number of benzene rings is 1. The fraction of sp³-hybridized carbons (Fsp3) is 0.500. The van der Waals surface area contributed by atoms with Gasteiger partial charge in [-0.2, -0.15) is 0 Å². The second-order valence-corrected chi connectivity index (χ2v) is 5.39. The van der Waals surface area contributed by atoms with Gasteiger partial charge in [-0.3, -0.25) is 4.79 Å². The van der Waals surface area contributed by atoms with Gasteiger partial charge >= 0.3 is 0 Å². The van der Waals surface area contributed by atoms with Crippen molar-refractivity contribution in [3.63, 3.8) is 0 Å². The minimum Gasteiger partial charge on any atom is -0.341 e. The lowest BCUT2D eigenvalue weighted by molar-refractivity contribution is -0.130. The van der Waals surface area contributed by atoms with Gasteiger partial charge in [-0.15, -0.1) is 11.8 Å². The zero-order valence-electron chi connectivity index (χ0n) is 10.8. The Morgan fingerprint density at radius 3 is 2.78 bits per heavy atom. The monoisotopic (exact) mass is 264 g/mol. The Bertz CT molecular complexity index is 383. The molecule has 3 nitrogen and oxygen atoms in total. The summed E-state index contributed by atoms with van der Waals surface area (Å²) in [6.45, 7) is 3.65. The summed E-state index contributed by atoms with van der Waals surface area (Å²) in [5, 5.41) is 3.31. The first-order valence-corrected chi connectivity index (χ1v) is 7.63. The van der Waals surface area contributed by atoms with Crippen LogP contribution in [0.1, 0.15) is 12.0 Å². The number of nitrogens with one attached hydrogen (secondary N) is 1. The summed E-state index contributed by atoms with van der Waals surface area (Å²) in [5.41, 5.74) is 1.11. The molecule has 0 saturated carbocycles. The van der Waals surface area contributed by atoms with E-state index in [9.17, 15) is 4.79 Å². The first-order valence-electron chi connectivity index (χ1n) is 6.41. The second-order valence-electron chi connectivity index (χ2n) is 4.51. The van der Waals surface area contributed by atoms with Crippen LogP contribution in [0, 0.1) is 0 Å². The van der Waals surface area contributed by atoms with Gasteiger partial charge in [-0.25, -0.2) is 0 Å². The Morgan fingerprint density at radius 1 is 1.28 bits per heavy atom. The third-order valence-corrected chi connectivity index (χ3v) is 3.95. The van der Waals surface area contributed by atoms with Crippen LogP contribution in [0.15, 0.2) is 29.2 Å². The van der Waals surface area contributed by atoms with Gasteiger partial charge in [0.1, 0.15) is 0 Å². The summed E-state index contributed by atoms with van der Waals surface area (Å²) >= 11 is 1.72. The van der Waals surface area contributed by atoms with Crippen molar-refractivity contribution in [2.75, 3.05) is 32.4 Å². The molecule has 0 radical (unpaired) electrons. The van der Waals surface area contributed by atoms with Crippen LogP contribution < -0.4 is 5.32 Å². The summed E-state index contributed by atoms with van der Waals surface area (Å²) in [6, 6.07) is 8.27. The number of carbonyl (C=O) groups is 1. The van der Waals surface area contributed by atoms with Crippen molar-refractivity contribution in [3.05, 3.63) is 29.8 Å². The van der Waals surface area contributed by atoms with Gasteiger partial charge < -0.3 is 10.2 Å². The van der Waals surface area contributed by atoms with E-state index in [0.29, 0.717) is 6.42 Å². The molecule has 0 unspecified atom stereocenters. The molecule has 1 saturated heterocycles. The number of thioether (sulfide) groups is 1. The number of nitrogens with zero attached hydrogens (tertiary/aromatic N) is 1. The largest absolute Gasteiger partial charge is 0.341 e. The topological polar surface area (TPSA) is 32.3 Å².